The molecule has 0 aliphatic heterocycles. The minimum absolute atomic E-state index is 0.169. The summed E-state index contributed by atoms with van der Waals surface area (Å²) in [5.41, 5.74) is 6.39. The van der Waals surface area contributed by atoms with Crippen LogP contribution in [0.25, 0.3) is 10.9 Å². The monoisotopic (exact) mass is 287 g/mol. The van der Waals surface area contributed by atoms with Crippen LogP contribution in [0.3, 0.4) is 0 Å². The Labute approximate surface area is 122 Å². The van der Waals surface area contributed by atoms with Gasteiger partial charge in [-0.15, -0.1) is 0 Å². The highest BCUT2D eigenvalue weighted by atomic mass is 16.4. The average molecular weight is 287 g/mol. The molecular weight excluding hydrogens is 270 g/mol. The van der Waals surface area contributed by atoms with Gasteiger partial charge < -0.3 is 15.7 Å². The molecule has 1 aromatic carbocycles. The van der Waals surface area contributed by atoms with Gasteiger partial charge in [0.25, 0.3) is 0 Å². The summed E-state index contributed by atoms with van der Waals surface area (Å²) < 4.78 is 0. The van der Waals surface area contributed by atoms with E-state index in [1.807, 2.05) is 13.0 Å². The van der Waals surface area contributed by atoms with Gasteiger partial charge >= 0.3 is 5.97 Å². The molecule has 1 heterocycles. The maximum Gasteiger partial charge on any atom is 0.323 e. The lowest BCUT2D eigenvalue weighted by Gasteiger charge is -2.22. The molecule has 0 aliphatic rings. The fourth-order valence-corrected chi connectivity index (χ4v) is 2.24. The van der Waals surface area contributed by atoms with Crippen molar-refractivity contribution in [1.82, 2.24) is 4.98 Å². The van der Waals surface area contributed by atoms with E-state index in [1.165, 1.54) is 0 Å². The topological polar surface area (TPSA) is 96.5 Å². The van der Waals surface area contributed by atoms with Crippen molar-refractivity contribution in [1.29, 1.82) is 0 Å². The van der Waals surface area contributed by atoms with Crippen LogP contribution >= 0.6 is 0 Å². The summed E-state index contributed by atoms with van der Waals surface area (Å²) >= 11 is 0. The average Bonchev–Trinajstić information content (AvgIpc) is 2.45. The molecule has 21 heavy (non-hydrogen) atoms. The van der Waals surface area contributed by atoms with Crippen molar-refractivity contribution >= 4 is 28.6 Å². The number of nitrogens with two attached hydrogens (primary N) is 1. The molecule has 0 spiro atoms. The number of hydrogen-bond donors (Lipinski definition) is 2. The Bertz CT molecular complexity index is 685. The molecule has 0 bridgehead atoms. The number of benzene rings is 1. The Morgan fingerprint density at radius 2 is 2.05 bits per heavy atom. The maximum atomic E-state index is 11.6. The second kappa shape index (κ2) is 6.21. The molecule has 0 saturated carbocycles. The van der Waals surface area contributed by atoms with Crippen molar-refractivity contribution in [3.05, 3.63) is 35.9 Å². The molecule has 6 heteroatoms. The van der Waals surface area contributed by atoms with Gasteiger partial charge in [-0.3, -0.25) is 9.59 Å². The van der Waals surface area contributed by atoms with Crippen LogP contribution in [0, 0.1) is 0 Å². The first-order valence-electron chi connectivity index (χ1n) is 6.69. The van der Waals surface area contributed by atoms with Crippen molar-refractivity contribution in [3.63, 3.8) is 0 Å². The number of carboxylic acids is 1. The number of aliphatic carboxylic acids is 1. The number of carbonyl (C=O) groups is 2. The van der Waals surface area contributed by atoms with E-state index >= 15 is 0 Å². The molecule has 1 amide bonds. The highest BCUT2D eigenvalue weighted by molar-refractivity contribution is 6.06. The third kappa shape index (κ3) is 3.28. The Morgan fingerprint density at radius 1 is 1.33 bits per heavy atom. The summed E-state index contributed by atoms with van der Waals surface area (Å²) in [4.78, 5) is 28.7. The smallest absolute Gasteiger partial charge is 0.323 e. The Kier molecular flexibility index (Phi) is 4.37. The van der Waals surface area contributed by atoms with Gasteiger partial charge in [-0.1, -0.05) is 25.1 Å². The number of anilines is 1. The summed E-state index contributed by atoms with van der Waals surface area (Å²) in [5, 5.41) is 9.67. The van der Waals surface area contributed by atoms with Crippen molar-refractivity contribution in [2.24, 2.45) is 5.73 Å². The number of aromatic nitrogens is 1. The minimum atomic E-state index is -0.945. The van der Waals surface area contributed by atoms with Gasteiger partial charge in [0.2, 0.25) is 5.91 Å². The molecule has 3 N–H and O–H groups in total. The molecule has 0 fully saturated rings. The van der Waals surface area contributed by atoms with Crippen LogP contribution in [0.4, 0.5) is 5.82 Å². The summed E-state index contributed by atoms with van der Waals surface area (Å²) in [6.07, 6.45) is 0.772. The van der Waals surface area contributed by atoms with E-state index in [1.54, 1.807) is 29.2 Å². The highest BCUT2D eigenvalue weighted by Gasteiger charge is 2.16. The molecule has 110 valence electrons. The zero-order valence-electron chi connectivity index (χ0n) is 11.7. The van der Waals surface area contributed by atoms with Crippen molar-refractivity contribution in [2.45, 2.75) is 13.3 Å². The molecule has 0 aliphatic carbocycles. The largest absolute Gasteiger partial charge is 0.480 e. The van der Waals surface area contributed by atoms with Crippen LogP contribution in [0.1, 0.15) is 23.7 Å². The molecule has 6 nitrogen and oxygen atoms in total. The van der Waals surface area contributed by atoms with E-state index in [4.69, 9.17) is 10.8 Å². The molecule has 2 rings (SSSR count). The number of primary amides is 1. The summed E-state index contributed by atoms with van der Waals surface area (Å²) in [5.74, 6) is -1.05. The molecule has 0 saturated heterocycles. The van der Waals surface area contributed by atoms with Gasteiger partial charge in [-0.25, -0.2) is 4.98 Å². The fourth-order valence-electron chi connectivity index (χ4n) is 2.24. The zero-order valence-corrected chi connectivity index (χ0v) is 11.7. The second-order valence-corrected chi connectivity index (χ2v) is 4.72. The van der Waals surface area contributed by atoms with Gasteiger partial charge in [0.15, 0.2) is 0 Å². The van der Waals surface area contributed by atoms with Crippen LogP contribution in [0.5, 0.6) is 0 Å². The summed E-state index contributed by atoms with van der Waals surface area (Å²) in [7, 11) is 0. The van der Waals surface area contributed by atoms with Crippen LogP contribution in [0.15, 0.2) is 30.3 Å². The lowest BCUT2D eigenvalue weighted by Crippen LogP contribution is -2.31. The molecule has 2 aromatic rings. The number of amides is 1. The number of carboxylic acid groups (broad SMARTS) is 1. The van der Waals surface area contributed by atoms with Crippen LogP contribution in [-0.2, 0) is 4.79 Å². The van der Waals surface area contributed by atoms with E-state index in [9.17, 15) is 9.59 Å². The predicted molar refractivity (Wildman–Crippen MR) is 80.4 cm³/mol. The van der Waals surface area contributed by atoms with Gasteiger partial charge in [-0.2, -0.15) is 0 Å². The van der Waals surface area contributed by atoms with Crippen molar-refractivity contribution in [2.75, 3.05) is 18.0 Å². The van der Waals surface area contributed by atoms with Gasteiger partial charge in [0.05, 0.1) is 11.1 Å². The molecule has 0 radical (unpaired) electrons. The summed E-state index contributed by atoms with van der Waals surface area (Å²) in [6.45, 7) is 2.32. The minimum Gasteiger partial charge on any atom is -0.480 e. The van der Waals surface area contributed by atoms with Crippen LogP contribution in [-0.4, -0.2) is 35.1 Å². The van der Waals surface area contributed by atoms with Gasteiger partial charge in [-0.05, 0) is 18.6 Å². The lowest BCUT2D eigenvalue weighted by atomic mass is 10.1. The van der Waals surface area contributed by atoms with Crippen LogP contribution < -0.4 is 10.6 Å². The highest BCUT2D eigenvalue weighted by Crippen LogP contribution is 2.23. The van der Waals surface area contributed by atoms with E-state index < -0.39 is 11.9 Å². The number of rotatable bonds is 6. The van der Waals surface area contributed by atoms with E-state index in [2.05, 4.69) is 4.98 Å². The molecule has 0 atom stereocenters. The number of hydrogen-bond acceptors (Lipinski definition) is 4. The molecule has 1 aromatic heterocycles. The number of pyridine rings is 1. The summed E-state index contributed by atoms with van der Waals surface area (Å²) in [6, 6.07) is 8.72. The second-order valence-electron chi connectivity index (χ2n) is 4.72. The quantitative estimate of drug-likeness (QED) is 0.841. The van der Waals surface area contributed by atoms with E-state index in [-0.39, 0.29) is 6.54 Å². The number of carbonyl (C=O) groups excluding carboxylic acids is 1. The Hall–Kier alpha value is -2.63. The van der Waals surface area contributed by atoms with E-state index in [0.29, 0.717) is 28.8 Å². The number of nitrogens with zero attached hydrogens (tertiary/aromatic N) is 2. The van der Waals surface area contributed by atoms with Crippen molar-refractivity contribution in [3.8, 4) is 0 Å². The Morgan fingerprint density at radius 3 is 2.67 bits per heavy atom. The lowest BCUT2D eigenvalue weighted by molar-refractivity contribution is -0.135. The third-order valence-corrected chi connectivity index (χ3v) is 3.11. The first-order chi connectivity index (χ1) is 10.0. The molecule has 0 unspecified atom stereocenters. The van der Waals surface area contributed by atoms with Crippen LogP contribution in [0.2, 0.25) is 0 Å². The van der Waals surface area contributed by atoms with Crippen molar-refractivity contribution < 1.29 is 14.7 Å². The third-order valence-electron chi connectivity index (χ3n) is 3.11. The maximum absolute atomic E-state index is 11.6. The zero-order chi connectivity index (χ0) is 15.4. The normalized spacial score (nSPS) is 10.5. The first-order valence-corrected chi connectivity index (χ1v) is 6.69. The molecular formula is C15H17N3O3. The number of para-hydroxylation sites is 1. The Balaban J connectivity index is 2.57. The predicted octanol–water partition coefficient (Wildman–Crippen LogP) is 1.63. The van der Waals surface area contributed by atoms with Gasteiger partial charge in [0.1, 0.15) is 12.4 Å². The van der Waals surface area contributed by atoms with E-state index in [0.717, 1.165) is 6.42 Å². The standard InChI is InChI=1S/C15H17N3O3/c1-2-7-18(9-14(19)20)13-8-11(15(16)21)10-5-3-4-6-12(10)17-13/h3-6,8H,2,7,9H2,1H3,(H2,16,21)(H,19,20). The fraction of sp³-hybridized carbons (Fsp3) is 0.267. The first kappa shape index (κ1) is 14.8. The number of fused-ring (bicyclic) bond motifs is 1. The SMILES string of the molecule is CCCN(CC(=O)O)c1cc(C(N)=O)c2ccccc2n1. The van der Waals surface area contributed by atoms with Gasteiger partial charge in [0, 0.05) is 11.9 Å².